The van der Waals surface area contributed by atoms with Crippen LogP contribution in [0, 0.1) is 0 Å². The van der Waals surface area contributed by atoms with E-state index in [1.54, 1.807) is 6.92 Å². The molecule has 0 radical (unpaired) electrons. The summed E-state index contributed by atoms with van der Waals surface area (Å²) in [5.74, 6) is -1.93. The van der Waals surface area contributed by atoms with Crippen molar-refractivity contribution in [3.05, 3.63) is 29.3 Å². The van der Waals surface area contributed by atoms with Crippen molar-refractivity contribution in [2.75, 3.05) is 20.6 Å². The SMILES string of the molecule is CCNC(=O)c1noc(-c2cc(C(C)C)c(O)cc2O)c1-c1noc(C(=O)N(C)C)n1. The summed E-state index contributed by atoms with van der Waals surface area (Å²) < 4.78 is 10.5. The van der Waals surface area contributed by atoms with Crippen molar-refractivity contribution in [2.45, 2.75) is 26.7 Å². The van der Waals surface area contributed by atoms with Crippen molar-refractivity contribution >= 4 is 11.8 Å². The second kappa shape index (κ2) is 8.46. The molecule has 3 N–H and O–H groups in total. The molecular formula is C20H23N5O6. The first-order chi connectivity index (χ1) is 14.6. The number of phenols is 2. The number of aromatic hydroxyl groups is 2. The third kappa shape index (κ3) is 4.06. The molecule has 164 valence electrons. The number of phenolic OH excluding ortho intramolecular Hbond substituents is 2. The summed E-state index contributed by atoms with van der Waals surface area (Å²) in [4.78, 5) is 30.1. The summed E-state index contributed by atoms with van der Waals surface area (Å²) in [7, 11) is 3.05. The molecular weight excluding hydrogens is 406 g/mol. The highest BCUT2D eigenvalue weighted by Crippen LogP contribution is 2.42. The number of carbonyl (C=O) groups excluding carboxylic acids is 2. The highest BCUT2D eigenvalue weighted by molar-refractivity contribution is 6.02. The Morgan fingerprint density at radius 1 is 1.13 bits per heavy atom. The van der Waals surface area contributed by atoms with Crippen LogP contribution in [-0.4, -0.2) is 62.9 Å². The molecule has 0 fully saturated rings. The molecule has 0 bridgehead atoms. The largest absolute Gasteiger partial charge is 0.508 e. The Morgan fingerprint density at radius 2 is 1.84 bits per heavy atom. The average Bonchev–Trinajstić information content (AvgIpc) is 3.34. The Labute approximate surface area is 177 Å². The maximum Gasteiger partial charge on any atom is 0.316 e. The van der Waals surface area contributed by atoms with Crippen LogP contribution >= 0.6 is 0 Å². The summed E-state index contributed by atoms with van der Waals surface area (Å²) in [5, 5.41) is 30.9. The van der Waals surface area contributed by atoms with Crippen molar-refractivity contribution < 1.29 is 28.8 Å². The number of rotatable bonds is 6. The lowest BCUT2D eigenvalue weighted by molar-refractivity contribution is 0.0779. The van der Waals surface area contributed by atoms with Crippen molar-refractivity contribution in [2.24, 2.45) is 0 Å². The number of amides is 2. The molecule has 0 atom stereocenters. The zero-order valence-corrected chi connectivity index (χ0v) is 17.8. The standard InChI is InChI=1S/C20H23N5O6/c1-6-21-18(28)15-14(17-22-19(31-24-17)20(29)25(4)5)16(30-23-15)11-7-10(9(2)3)12(26)8-13(11)27/h7-9,26-27H,6H2,1-5H3,(H,21,28). The number of nitrogens with zero attached hydrogens (tertiary/aromatic N) is 4. The highest BCUT2D eigenvalue weighted by atomic mass is 16.5. The van der Waals surface area contributed by atoms with Crippen LogP contribution in [0.4, 0.5) is 0 Å². The van der Waals surface area contributed by atoms with E-state index in [9.17, 15) is 19.8 Å². The molecule has 11 nitrogen and oxygen atoms in total. The molecule has 0 saturated heterocycles. The van der Waals surface area contributed by atoms with Gasteiger partial charge in [0.2, 0.25) is 5.82 Å². The lowest BCUT2D eigenvalue weighted by Gasteiger charge is -2.11. The molecule has 0 saturated carbocycles. The zero-order valence-electron chi connectivity index (χ0n) is 17.8. The maximum absolute atomic E-state index is 12.5. The van der Waals surface area contributed by atoms with Crippen LogP contribution in [0.3, 0.4) is 0 Å². The van der Waals surface area contributed by atoms with Gasteiger partial charge in [-0.1, -0.05) is 24.2 Å². The Morgan fingerprint density at radius 3 is 2.45 bits per heavy atom. The smallest absolute Gasteiger partial charge is 0.316 e. The van der Waals surface area contributed by atoms with Crippen LogP contribution in [-0.2, 0) is 0 Å². The van der Waals surface area contributed by atoms with Crippen LogP contribution in [0.5, 0.6) is 11.5 Å². The number of benzene rings is 1. The molecule has 31 heavy (non-hydrogen) atoms. The van der Waals surface area contributed by atoms with Gasteiger partial charge in [0, 0.05) is 26.7 Å². The Bertz CT molecular complexity index is 1130. The molecule has 2 heterocycles. The molecule has 0 aliphatic rings. The number of hydrogen-bond acceptors (Lipinski definition) is 9. The molecule has 0 aliphatic heterocycles. The van der Waals surface area contributed by atoms with Crippen LogP contribution < -0.4 is 5.32 Å². The minimum Gasteiger partial charge on any atom is -0.508 e. The normalized spacial score (nSPS) is 11.0. The van der Waals surface area contributed by atoms with E-state index in [0.29, 0.717) is 12.1 Å². The maximum atomic E-state index is 12.5. The summed E-state index contributed by atoms with van der Waals surface area (Å²) in [6.07, 6.45) is 0. The minimum absolute atomic E-state index is 0.00898. The number of aromatic nitrogens is 3. The van der Waals surface area contributed by atoms with Crippen molar-refractivity contribution in [1.82, 2.24) is 25.5 Å². The molecule has 3 rings (SSSR count). The predicted molar refractivity (Wildman–Crippen MR) is 109 cm³/mol. The molecule has 1 aromatic carbocycles. The van der Waals surface area contributed by atoms with Gasteiger partial charge >= 0.3 is 11.8 Å². The van der Waals surface area contributed by atoms with Crippen molar-refractivity contribution in [3.8, 4) is 34.2 Å². The van der Waals surface area contributed by atoms with Gasteiger partial charge < -0.3 is 29.5 Å². The monoisotopic (exact) mass is 429 g/mol. The fourth-order valence-electron chi connectivity index (χ4n) is 2.92. The van der Waals surface area contributed by atoms with Gasteiger partial charge in [0.1, 0.15) is 17.1 Å². The van der Waals surface area contributed by atoms with Gasteiger partial charge in [-0.2, -0.15) is 4.98 Å². The van der Waals surface area contributed by atoms with Gasteiger partial charge in [-0.25, -0.2) is 0 Å². The van der Waals surface area contributed by atoms with Crippen LogP contribution in [0.1, 0.15) is 53.4 Å². The van der Waals surface area contributed by atoms with Gasteiger partial charge in [-0.3, -0.25) is 9.59 Å². The van der Waals surface area contributed by atoms with Gasteiger partial charge in [0.25, 0.3) is 5.91 Å². The summed E-state index contributed by atoms with van der Waals surface area (Å²) in [6, 6.07) is 2.72. The number of carbonyl (C=O) groups is 2. The molecule has 2 amide bonds. The zero-order chi connectivity index (χ0) is 22.9. The second-order valence-corrected chi connectivity index (χ2v) is 7.30. The first-order valence-corrected chi connectivity index (χ1v) is 9.55. The second-order valence-electron chi connectivity index (χ2n) is 7.30. The summed E-state index contributed by atoms with van der Waals surface area (Å²) in [5.41, 5.74) is 0.624. The van der Waals surface area contributed by atoms with Gasteiger partial charge in [0.15, 0.2) is 11.5 Å². The molecule has 0 aliphatic carbocycles. The molecule has 11 heteroatoms. The van der Waals surface area contributed by atoms with E-state index < -0.39 is 11.8 Å². The van der Waals surface area contributed by atoms with E-state index in [1.807, 2.05) is 13.8 Å². The average molecular weight is 429 g/mol. The van der Waals surface area contributed by atoms with Crippen LogP contribution in [0.2, 0.25) is 0 Å². The van der Waals surface area contributed by atoms with E-state index >= 15 is 0 Å². The number of hydrogen-bond donors (Lipinski definition) is 3. The Balaban J connectivity index is 2.24. The van der Waals surface area contributed by atoms with Gasteiger partial charge in [-0.05, 0) is 24.5 Å². The third-order valence-electron chi connectivity index (χ3n) is 4.49. The van der Waals surface area contributed by atoms with Gasteiger partial charge in [-0.15, -0.1) is 0 Å². The Kier molecular flexibility index (Phi) is 5.95. The van der Waals surface area contributed by atoms with E-state index in [2.05, 4.69) is 20.6 Å². The summed E-state index contributed by atoms with van der Waals surface area (Å²) in [6.45, 7) is 5.81. The van der Waals surface area contributed by atoms with E-state index in [-0.39, 0.29) is 51.7 Å². The van der Waals surface area contributed by atoms with E-state index in [1.165, 1.54) is 31.1 Å². The predicted octanol–water partition coefficient (Wildman–Crippen LogP) is 2.38. The Hall–Kier alpha value is -3.89. The first-order valence-electron chi connectivity index (χ1n) is 9.55. The molecule has 0 unspecified atom stereocenters. The van der Waals surface area contributed by atoms with Crippen LogP contribution in [0.15, 0.2) is 21.2 Å². The minimum atomic E-state index is -0.555. The third-order valence-corrected chi connectivity index (χ3v) is 4.49. The molecule has 0 spiro atoms. The molecule has 3 aromatic rings. The fourth-order valence-corrected chi connectivity index (χ4v) is 2.92. The fraction of sp³-hybridized carbons (Fsp3) is 0.350. The van der Waals surface area contributed by atoms with E-state index in [4.69, 9.17) is 9.05 Å². The van der Waals surface area contributed by atoms with E-state index in [0.717, 1.165) is 0 Å². The van der Waals surface area contributed by atoms with Crippen LogP contribution in [0.25, 0.3) is 22.7 Å². The first kappa shape index (κ1) is 21.8. The van der Waals surface area contributed by atoms with Crippen molar-refractivity contribution in [3.63, 3.8) is 0 Å². The topological polar surface area (TPSA) is 155 Å². The van der Waals surface area contributed by atoms with Gasteiger partial charge in [0.05, 0.1) is 5.56 Å². The molecule has 2 aromatic heterocycles. The van der Waals surface area contributed by atoms with Crippen molar-refractivity contribution in [1.29, 1.82) is 0 Å². The lowest BCUT2D eigenvalue weighted by Crippen LogP contribution is -2.23. The lowest BCUT2D eigenvalue weighted by atomic mass is 9.96. The quantitative estimate of drug-likeness (QED) is 0.535. The highest BCUT2D eigenvalue weighted by Gasteiger charge is 2.31. The number of nitrogens with one attached hydrogen (secondary N) is 1. The summed E-state index contributed by atoms with van der Waals surface area (Å²) >= 11 is 0.